The van der Waals surface area contributed by atoms with Gasteiger partial charge in [-0.25, -0.2) is 27.2 Å². The zero-order chi connectivity index (χ0) is 22.5. The van der Waals surface area contributed by atoms with E-state index >= 15 is 4.39 Å². The summed E-state index contributed by atoms with van der Waals surface area (Å²) in [5.41, 5.74) is 6.01. The van der Waals surface area contributed by atoms with E-state index in [9.17, 15) is 12.8 Å². The van der Waals surface area contributed by atoms with Crippen LogP contribution in [0.1, 0.15) is 0 Å². The first-order chi connectivity index (χ1) is 15.3. The van der Waals surface area contributed by atoms with Crippen molar-refractivity contribution in [1.82, 2.24) is 9.97 Å². The van der Waals surface area contributed by atoms with Crippen molar-refractivity contribution in [2.24, 2.45) is 0 Å². The number of fused-ring (bicyclic) bond motifs is 2. The fourth-order valence-electron chi connectivity index (χ4n) is 3.41. The van der Waals surface area contributed by atoms with Gasteiger partial charge in [-0.3, -0.25) is 4.72 Å². The molecule has 0 amide bonds. The van der Waals surface area contributed by atoms with Crippen LogP contribution in [0.5, 0.6) is 0 Å². The van der Waals surface area contributed by atoms with Crippen LogP contribution < -0.4 is 10.5 Å². The van der Waals surface area contributed by atoms with E-state index in [0.29, 0.717) is 21.9 Å². The normalized spacial score (nSPS) is 11.8. The van der Waals surface area contributed by atoms with Crippen LogP contribution in [-0.4, -0.2) is 18.4 Å². The molecule has 0 spiro atoms. The zero-order valence-electron chi connectivity index (χ0n) is 16.2. The molecule has 0 aliphatic rings. The van der Waals surface area contributed by atoms with Crippen molar-refractivity contribution in [3.63, 3.8) is 0 Å². The number of anilines is 2. The molecular formula is C22H14F2N4O3S. The summed E-state index contributed by atoms with van der Waals surface area (Å²) in [6, 6.07) is 12.4. The van der Waals surface area contributed by atoms with E-state index in [4.69, 9.17) is 10.2 Å². The number of benzene rings is 3. The highest BCUT2D eigenvalue weighted by molar-refractivity contribution is 7.92. The number of rotatable bonds is 4. The lowest BCUT2D eigenvalue weighted by Crippen LogP contribution is -2.14. The Balaban J connectivity index is 1.56. The maximum absolute atomic E-state index is 15.3. The van der Waals surface area contributed by atoms with E-state index in [-0.39, 0.29) is 27.7 Å². The Morgan fingerprint density at radius 3 is 2.66 bits per heavy atom. The smallest absolute Gasteiger partial charge is 0.262 e. The first-order valence-electron chi connectivity index (χ1n) is 9.32. The molecule has 10 heteroatoms. The van der Waals surface area contributed by atoms with Gasteiger partial charge in [0.05, 0.1) is 27.9 Å². The summed E-state index contributed by atoms with van der Waals surface area (Å²) in [7, 11) is -4.14. The van der Waals surface area contributed by atoms with Crippen LogP contribution in [0.3, 0.4) is 0 Å². The fraction of sp³-hybridized carbons (Fsp3) is 0. The third-order valence-electron chi connectivity index (χ3n) is 4.96. The molecule has 2 aromatic heterocycles. The standard InChI is InChI=1S/C22H14F2N4O3S/c23-16-3-5-18(28-32(29,30)15-2-6-19-12(10-15)7-8-31-19)21(24)20(16)13-1-4-17-14(9-13)11-26-22(25)27-17/h1-11,28H,(H2,25,26,27). The van der Waals surface area contributed by atoms with Gasteiger partial charge in [-0.05, 0) is 54.1 Å². The minimum Gasteiger partial charge on any atom is -0.464 e. The maximum Gasteiger partial charge on any atom is 0.262 e. The quantitative estimate of drug-likeness (QED) is 0.409. The molecule has 3 N–H and O–H groups in total. The lowest BCUT2D eigenvalue weighted by molar-refractivity contribution is 0.587. The third kappa shape index (κ3) is 3.40. The number of furan rings is 1. The first-order valence-corrected chi connectivity index (χ1v) is 10.8. The maximum atomic E-state index is 15.3. The van der Waals surface area contributed by atoms with Crippen molar-refractivity contribution in [1.29, 1.82) is 0 Å². The van der Waals surface area contributed by atoms with Crippen molar-refractivity contribution < 1.29 is 21.6 Å². The molecule has 3 aromatic carbocycles. The van der Waals surface area contributed by atoms with Crippen molar-refractivity contribution in [3.05, 3.63) is 78.7 Å². The van der Waals surface area contributed by atoms with E-state index in [1.807, 2.05) is 0 Å². The number of nitrogens with two attached hydrogens (primary N) is 1. The molecule has 0 atom stereocenters. The van der Waals surface area contributed by atoms with Gasteiger partial charge in [-0.1, -0.05) is 6.07 Å². The van der Waals surface area contributed by atoms with E-state index < -0.39 is 21.7 Å². The summed E-state index contributed by atoms with van der Waals surface area (Å²) in [6.45, 7) is 0. The average molecular weight is 452 g/mol. The molecule has 2 heterocycles. The second kappa shape index (κ2) is 7.27. The summed E-state index contributed by atoms with van der Waals surface area (Å²) < 4.78 is 63.0. The van der Waals surface area contributed by atoms with Crippen molar-refractivity contribution in [2.75, 3.05) is 10.5 Å². The third-order valence-corrected chi connectivity index (χ3v) is 6.32. The van der Waals surface area contributed by atoms with Crippen LogP contribution >= 0.6 is 0 Å². The van der Waals surface area contributed by atoms with Crippen LogP contribution in [0, 0.1) is 11.6 Å². The van der Waals surface area contributed by atoms with Gasteiger partial charge in [-0.15, -0.1) is 0 Å². The largest absolute Gasteiger partial charge is 0.464 e. The van der Waals surface area contributed by atoms with Gasteiger partial charge >= 0.3 is 0 Å². The molecule has 0 aliphatic heterocycles. The number of hydrogen-bond donors (Lipinski definition) is 2. The highest BCUT2D eigenvalue weighted by Crippen LogP contribution is 2.33. The number of aromatic nitrogens is 2. The average Bonchev–Trinajstić information content (AvgIpc) is 3.24. The predicted molar refractivity (Wildman–Crippen MR) is 116 cm³/mol. The Hall–Kier alpha value is -4.05. The molecule has 32 heavy (non-hydrogen) atoms. The van der Waals surface area contributed by atoms with Gasteiger partial charge in [-0.2, -0.15) is 0 Å². The summed E-state index contributed by atoms with van der Waals surface area (Å²) in [6.07, 6.45) is 2.87. The molecule has 0 aliphatic carbocycles. The molecule has 5 aromatic rings. The van der Waals surface area contributed by atoms with Crippen LogP contribution in [0.15, 0.2) is 76.4 Å². The molecule has 0 bridgehead atoms. The number of nitrogens with one attached hydrogen (secondary N) is 1. The Bertz CT molecular complexity index is 1620. The molecule has 7 nitrogen and oxygen atoms in total. The van der Waals surface area contributed by atoms with E-state index in [2.05, 4.69) is 14.7 Å². The lowest BCUT2D eigenvalue weighted by atomic mass is 10.0. The number of nitrogen functional groups attached to an aromatic ring is 1. The van der Waals surface area contributed by atoms with Gasteiger partial charge in [0, 0.05) is 17.0 Å². The zero-order valence-corrected chi connectivity index (χ0v) is 17.0. The molecule has 0 unspecified atom stereocenters. The van der Waals surface area contributed by atoms with Gasteiger partial charge in [0.25, 0.3) is 10.0 Å². The van der Waals surface area contributed by atoms with Crippen molar-refractivity contribution >= 4 is 43.5 Å². The molecule has 5 rings (SSSR count). The number of nitrogens with zero attached hydrogens (tertiary/aromatic N) is 2. The van der Waals surface area contributed by atoms with Crippen LogP contribution in [-0.2, 0) is 10.0 Å². The molecule has 0 saturated heterocycles. The second-order valence-corrected chi connectivity index (χ2v) is 8.69. The molecule has 0 fully saturated rings. The Kier molecular flexibility index (Phi) is 4.52. The fourth-order valence-corrected chi connectivity index (χ4v) is 4.51. The van der Waals surface area contributed by atoms with Crippen LogP contribution in [0.4, 0.5) is 20.4 Å². The lowest BCUT2D eigenvalue weighted by Gasteiger charge is -2.13. The number of halogens is 2. The van der Waals surface area contributed by atoms with Gasteiger partial charge in [0.15, 0.2) is 5.82 Å². The summed E-state index contributed by atoms with van der Waals surface area (Å²) >= 11 is 0. The minimum absolute atomic E-state index is 0.0765. The summed E-state index contributed by atoms with van der Waals surface area (Å²) in [5, 5.41) is 1.10. The van der Waals surface area contributed by atoms with E-state index in [0.717, 1.165) is 12.1 Å². The number of hydrogen-bond acceptors (Lipinski definition) is 6. The monoisotopic (exact) mass is 452 g/mol. The SMILES string of the molecule is Nc1ncc2cc(-c3c(F)ccc(NS(=O)(=O)c4ccc5occc5c4)c3F)ccc2n1. The van der Waals surface area contributed by atoms with Gasteiger partial charge in [0.2, 0.25) is 5.95 Å². The van der Waals surface area contributed by atoms with Crippen LogP contribution in [0.25, 0.3) is 33.0 Å². The second-order valence-electron chi connectivity index (χ2n) is 7.01. The van der Waals surface area contributed by atoms with Gasteiger partial charge < -0.3 is 10.2 Å². The Morgan fingerprint density at radius 1 is 0.969 bits per heavy atom. The van der Waals surface area contributed by atoms with Gasteiger partial charge in [0.1, 0.15) is 11.4 Å². The van der Waals surface area contributed by atoms with Crippen molar-refractivity contribution in [3.8, 4) is 11.1 Å². The highest BCUT2D eigenvalue weighted by Gasteiger charge is 2.21. The number of sulfonamides is 1. The minimum atomic E-state index is -4.14. The Labute approximate surface area is 180 Å². The molecule has 160 valence electrons. The summed E-state index contributed by atoms with van der Waals surface area (Å²) in [5.74, 6) is -1.82. The molecule has 0 radical (unpaired) electrons. The molecular weight excluding hydrogens is 438 g/mol. The highest BCUT2D eigenvalue weighted by atomic mass is 32.2. The molecule has 0 saturated carbocycles. The van der Waals surface area contributed by atoms with Crippen LogP contribution in [0.2, 0.25) is 0 Å². The summed E-state index contributed by atoms with van der Waals surface area (Å²) in [4.78, 5) is 7.85. The predicted octanol–water partition coefficient (Wildman–Crippen LogP) is 4.70. The van der Waals surface area contributed by atoms with E-state index in [1.165, 1.54) is 42.8 Å². The Morgan fingerprint density at radius 2 is 1.81 bits per heavy atom. The first kappa shape index (κ1) is 19.9. The van der Waals surface area contributed by atoms with E-state index in [1.54, 1.807) is 12.1 Å². The van der Waals surface area contributed by atoms with Crippen molar-refractivity contribution in [2.45, 2.75) is 4.90 Å². The topological polar surface area (TPSA) is 111 Å².